The third-order valence-electron chi connectivity index (χ3n) is 5.16. The molecule has 162 valence electrons. The third-order valence-corrected chi connectivity index (χ3v) is 6.55. The first-order chi connectivity index (χ1) is 15.6. The average molecular weight is 464 g/mol. The highest BCUT2D eigenvalue weighted by molar-refractivity contribution is 7.98. The van der Waals surface area contributed by atoms with Crippen molar-refractivity contribution in [1.82, 2.24) is 4.98 Å². The highest BCUT2D eigenvalue weighted by Crippen LogP contribution is 2.38. The van der Waals surface area contributed by atoms with Crippen molar-refractivity contribution in [2.75, 3.05) is 7.11 Å². The van der Waals surface area contributed by atoms with Gasteiger partial charge in [0.2, 0.25) is 0 Å². The maximum Gasteiger partial charge on any atom is 0.344 e. The number of hydrogen-bond donors (Lipinski definition) is 0. The van der Waals surface area contributed by atoms with Gasteiger partial charge in [-0.05, 0) is 41.8 Å². The Bertz CT molecular complexity index is 1280. The van der Waals surface area contributed by atoms with Crippen molar-refractivity contribution in [3.8, 4) is 5.75 Å². The van der Waals surface area contributed by atoms with Crippen LogP contribution in [0.1, 0.15) is 27.0 Å². The summed E-state index contributed by atoms with van der Waals surface area (Å²) in [6, 6.07) is 23.3. The van der Waals surface area contributed by atoms with E-state index in [-0.39, 0.29) is 0 Å². The van der Waals surface area contributed by atoms with E-state index in [1.54, 1.807) is 0 Å². The number of hydrogen-bond acceptors (Lipinski definition) is 5. The van der Waals surface area contributed by atoms with Crippen LogP contribution in [0.2, 0.25) is 5.02 Å². The van der Waals surface area contributed by atoms with Crippen LogP contribution in [0, 0.1) is 6.92 Å². The number of para-hydroxylation sites is 1. The van der Waals surface area contributed by atoms with E-state index in [0.717, 1.165) is 27.6 Å². The number of ether oxygens (including phenoxy) is 2. The van der Waals surface area contributed by atoms with Crippen LogP contribution in [0.5, 0.6) is 5.75 Å². The number of benzene rings is 3. The normalized spacial score (nSPS) is 10.8. The van der Waals surface area contributed by atoms with Gasteiger partial charge in [0.05, 0.1) is 12.6 Å². The Hall–Kier alpha value is -3.02. The molecule has 4 aromatic rings. The second-order valence-corrected chi connectivity index (χ2v) is 8.60. The van der Waals surface area contributed by atoms with Crippen molar-refractivity contribution in [1.29, 1.82) is 0 Å². The Kier molecular flexibility index (Phi) is 6.98. The number of aromatic nitrogens is 1. The molecule has 0 bridgehead atoms. The standard InChI is InChI=1S/C26H22ClNO3S/c1-17-9-3-4-10-18(17)15-31-24-20-12-6-8-14-22(20)28-25(23(24)26(29)30-2)32-16-19-11-5-7-13-21(19)27/h3-14H,15-16H2,1-2H3. The molecule has 32 heavy (non-hydrogen) atoms. The van der Waals surface area contributed by atoms with Crippen LogP contribution in [0.25, 0.3) is 10.9 Å². The van der Waals surface area contributed by atoms with Crippen molar-refractivity contribution in [3.05, 3.63) is 100 Å². The molecule has 0 spiro atoms. The molecule has 4 rings (SSSR count). The molecule has 0 N–H and O–H groups in total. The summed E-state index contributed by atoms with van der Waals surface area (Å²) in [6.45, 7) is 2.37. The van der Waals surface area contributed by atoms with Crippen LogP contribution in [0.15, 0.2) is 77.8 Å². The molecule has 0 amide bonds. The van der Waals surface area contributed by atoms with Crippen LogP contribution in [-0.2, 0) is 17.1 Å². The Labute approximate surface area is 196 Å². The van der Waals surface area contributed by atoms with Crippen LogP contribution in [0.4, 0.5) is 0 Å². The van der Waals surface area contributed by atoms with E-state index in [4.69, 9.17) is 26.1 Å². The Morgan fingerprint density at radius 2 is 1.66 bits per heavy atom. The van der Waals surface area contributed by atoms with Gasteiger partial charge in [0.25, 0.3) is 0 Å². The number of aryl methyl sites for hydroxylation is 1. The molecule has 3 aromatic carbocycles. The lowest BCUT2D eigenvalue weighted by Gasteiger charge is -2.17. The Morgan fingerprint density at radius 3 is 2.41 bits per heavy atom. The second-order valence-electron chi connectivity index (χ2n) is 7.23. The first kappa shape index (κ1) is 22.2. The molecule has 0 atom stereocenters. The summed E-state index contributed by atoms with van der Waals surface area (Å²) in [4.78, 5) is 17.6. The lowest BCUT2D eigenvalue weighted by atomic mass is 10.1. The fraction of sp³-hybridized carbons (Fsp3) is 0.154. The lowest BCUT2D eigenvalue weighted by molar-refractivity contribution is 0.0590. The molecule has 0 aliphatic carbocycles. The molecule has 0 aliphatic rings. The topological polar surface area (TPSA) is 48.4 Å². The van der Waals surface area contributed by atoms with Crippen molar-refractivity contribution < 1.29 is 14.3 Å². The molecule has 6 heteroatoms. The number of halogens is 1. The predicted molar refractivity (Wildman–Crippen MR) is 130 cm³/mol. The van der Waals surface area contributed by atoms with E-state index in [1.165, 1.54) is 18.9 Å². The summed E-state index contributed by atoms with van der Waals surface area (Å²) in [6.07, 6.45) is 0. The fourth-order valence-electron chi connectivity index (χ4n) is 3.38. The summed E-state index contributed by atoms with van der Waals surface area (Å²) < 4.78 is 11.4. The number of carbonyl (C=O) groups excluding carboxylic acids is 1. The van der Waals surface area contributed by atoms with E-state index in [2.05, 4.69) is 0 Å². The van der Waals surface area contributed by atoms with E-state index in [0.29, 0.717) is 33.7 Å². The molecule has 0 aliphatic heterocycles. The molecular formula is C26H22ClNO3S. The summed E-state index contributed by atoms with van der Waals surface area (Å²) in [5.41, 5.74) is 4.22. The van der Waals surface area contributed by atoms with Crippen LogP contribution >= 0.6 is 23.4 Å². The minimum Gasteiger partial charge on any atom is -0.487 e. The minimum absolute atomic E-state index is 0.330. The summed E-state index contributed by atoms with van der Waals surface area (Å²) in [7, 11) is 1.37. The first-order valence-electron chi connectivity index (χ1n) is 10.1. The van der Waals surface area contributed by atoms with Gasteiger partial charge in [-0.15, -0.1) is 11.8 Å². The van der Waals surface area contributed by atoms with E-state index >= 15 is 0 Å². The van der Waals surface area contributed by atoms with Gasteiger partial charge < -0.3 is 9.47 Å². The van der Waals surface area contributed by atoms with Gasteiger partial charge in [0.15, 0.2) is 0 Å². The van der Waals surface area contributed by atoms with Gasteiger partial charge in [-0.25, -0.2) is 9.78 Å². The van der Waals surface area contributed by atoms with Gasteiger partial charge in [-0.1, -0.05) is 66.2 Å². The second kappa shape index (κ2) is 10.1. The highest BCUT2D eigenvalue weighted by atomic mass is 35.5. The lowest BCUT2D eigenvalue weighted by Crippen LogP contribution is -2.10. The van der Waals surface area contributed by atoms with Crippen LogP contribution < -0.4 is 4.74 Å². The largest absolute Gasteiger partial charge is 0.487 e. The monoisotopic (exact) mass is 463 g/mol. The minimum atomic E-state index is -0.482. The third kappa shape index (κ3) is 4.74. The zero-order valence-electron chi connectivity index (χ0n) is 17.8. The maximum absolute atomic E-state index is 12.9. The number of nitrogens with zero attached hydrogens (tertiary/aromatic N) is 1. The van der Waals surface area contributed by atoms with E-state index in [1.807, 2.05) is 79.7 Å². The molecule has 0 radical (unpaired) electrons. The van der Waals surface area contributed by atoms with Crippen molar-refractivity contribution in [3.63, 3.8) is 0 Å². The van der Waals surface area contributed by atoms with Gasteiger partial charge >= 0.3 is 5.97 Å². The number of thioether (sulfide) groups is 1. The number of rotatable bonds is 7. The average Bonchev–Trinajstić information content (AvgIpc) is 2.82. The van der Waals surface area contributed by atoms with E-state index < -0.39 is 5.97 Å². The van der Waals surface area contributed by atoms with Gasteiger partial charge in [0, 0.05) is 16.2 Å². The highest BCUT2D eigenvalue weighted by Gasteiger charge is 2.24. The SMILES string of the molecule is COC(=O)c1c(SCc2ccccc2Cl)nc2ccccc2c1OCc1ccccc1C. The van der Waals surface area contributed by atoms with Gasteiger partial charge in [-0.2, -0.15) is 0 Å². The molecule has 4 nitrogen and oxygen atoms in total. The number of carbonyl (C=O) groups is 1. The molecule has 1 aromatic heterocycles. The number of fused-ring (bicyclic) bond motifs is 1. The maximum atomic E-state index is 12.9. The van der Waals surface area contributed by atoms with E-state index in [9.17, 15) is 4.79 Å². The summed E-state index contributed by atoms with van der Waals surface area (Å²) in [5.74, 6) is 0.559. The summed E-state index contributed by atoms with van der Waals surface area (Å²) in [5, 5.41) is 2.00. The molecule has 0 saturated heterocycles. The zero-order valence-corrected chi connectivity index (χ0v) is 19.4. The Morgan fingerprint density at radius 1 is 0.969 bits per heavy atom. The Balaban J connectivity index is 1.78. The van der Waals surface area contributed by atoms with Crippen molar-refractivity contribution in [2.24, 2.45) is 0 Å². The number of pyridine rings is 1. The molecule has 0 fully saturated rings. The zero-order chi connectivity index (χ0) is 22.5. The first-order valence-corrected chi connectivity index (χ1v) is 11.5. The molecular weight excluding hydrogens is 442 g/mol. The summed E-state index contributed by atoms with van der Waals surface area (Å²) >= 11 is 7.76. The van der Waals surface area contributed by atoms with Crippen molar-refractivity contribution in [2.45, 2.75) is 24.3 Å². The quantitative estimate of drug-likeness (QED) is 0.221. The smallest absolute Gasteiger partial charge is 0.344 e. The molecule has 0 saturated carbocycles. The van der Waals surface area contributed by atoms with Gasteiger partial charge in [0.1, 0.15) is 22.9 Å². The van der Waals surface area contributed by atoms with Gasteiger partial charge in [-0.3, -0.25) is 0 Å². The fourth-order valence-corrected chi connectivity index (χ4v) is 4.69. The van der Waals surface area contributed by atoms with Crippen LogP contribution in [0.3, 0.4) is 0 Å². The molecule has 1 heterocycles. The predicted octanol–water partition coefficient (Wildman–Crippen LogP) is 6.85. The number of methoxy groups -OCH3 is 1. The molecule has 0 unspecified atom stereocenters. The van der Waals surface area contributed by atoms with Crippen LogP contribution in [-0.4, -0.2) is 18.1 Å². The number of esters is 1. The van der Waals surface area contributed by atoms with Crippen molar-refractivity contribution >= 4 is 40.2 Å².